The Morgan fingerprint density at radius 1 is 1.25 bits per heavy atom. The molecule has 3 atom stereocenters. The smallest absolute Gasteiger partial charge is 0.226 e. The van der Waals surface area contributed by atoms with Crippen LogP contribution >= 0.6 is 0 Å². The second-order valence-corrected chi connectivity index (χ2v) is 7.26. The quantitative estimate of drug-likeness (QED) is 0.644. The van der Waals surface area contributed by atoms with Gasteiger partial charge in [0.25, 0.3) is 0 Å². The highest BCUT2D eigenvalue weighted by molar-refractivity contribution is 5.79. The van der Waals surface area contributed by atoms with E-state index in [2.05, 4.69) is 15.2 Å². The van der Waals surface area contributed by atoms with Gasteiger partial charge in [-0.25, -0.2) is 0 Å². The number of rotatable bonds is 6. The van der Waals surface area contributed by atoms with Gasteiger partial charge in [-0.1, -0.05) is 18.2 Å². The van der Waals surface area contributed by atoms with Crippen LogP contribution in [-0.2, 0) is 20.7 Å². The molecule has 0 bridgehead atoms. The lowest BCUT2D eigenvalue weighted by Gasteiger charge is -2.35. The summed E-state index contributed by atoms with van der Waals surface area (Å²) in [4.78, 5) is 32.9. The highest BCUT2D eigenvalue weighted by atomic mass is 16.5. The van der Waals surface area contributed by atoms with Crippen LogP contribution in [0.5, 0.6) is 0 Å². The number of hydrogen-bond acceptors (Lipinski definition) is 6. The molecule has 0 radical (unpaired) electrons. The highest BCUT2D eigenvalue weighted by Crippen LogP contribution is 2.17. The summed E-state index contributed by atoms with van der Waals surface area (Å²) in [6.07, 6.45) is 4.68. The van der Waals surface area contributed by atoms with Crippen molar-refractivity contribution >= 4 is 11.8 Å². The van der Waals surface area contributed by atoms with Crippen LogP contribution in [0.3, 0.4) is 0 Å². The summed E-state index contributed by atoms with van der Waals surface area (Å²) in [7, 11) is 2.04. The molecule has 8 nitrogen and oxygen atoms in total. The Bertz CT molecular complexity index is 689. The van der Waals surface area contributed by atoms with Gasteiger partial charge < -0.3 is 25.0 Å². The third-order valence-electron chi connectivity index (χ3n) is 5.09. The van der Waals surface area contributed by atoms with Gasteiger partial charge in [0, 0.05) is 38.1 Å². The predicted molar refractivity (Wildman–Crippen MR) is 103 cm³/mol. The number of carbonyl (C=O) groups is 2. The highest BCUT2D eigenvalue weighted by Gasteiger charge is 2.30. The summed E-state index contributed by atoms with van der Waals surface area (Å²) in [6.45, 7) is 2.95. The van der Waals surface area contributed by atoms with Crippen LogP contribution in [0.4, 0.5) is 0 Å². The van der Waals surface area contributed by atoms with Crippen molar-refractivity contribution in [2.45, 2.75) is 31.1 Å². The summed E-state index contributed by atoms with van der Waals surface area (Å²) in [6, 6.07) is 4.98. The molecule has 0 aliphatic carbocycles. The van der Waals surface area contributed by atoms with E-state index in [-0.39, 0.29) is 31.3 Å². The molecular weight excluding hydrogens is 360 g/mol. The number of ether oxygens (including phenoxy) is 1. The Balaban J connectivity index is 1.51. The number of amides is 2. The van der Waals surface area contributed by atoms with E-state index < -0.39 is 18.2 Å². The number of pyridine rings is 1. The first-order valence-corrected chi connectivity index (χ1v) is 9.65. The van der Waals surface area contributed by atoms with Gasteiger partial charge in [0.2, 0.25) is 11.8 Å². The number of aromatic nitrogens is 1. The van der Waals surface area contributed by atoms with E-state index in [1.165, 1.54) is 0 Å². The Kier molecular flexibility index (Phi) is 7.13. The zero-order valence-corrected chi connectivity index (χ0v) is 16.2. The van der Waals surface area contributed by atoms with E-state index in [9.17, 15) is 14.7 Å². The molecule has 3 heterocycles. The van der Waals surface area contributed by atoms with Crippen molar-refractivity contribution < 1.29 is 19.4 Å². The van der Waals surface area contributed by atoms with Crippen LogP contribution in [0.25, 0.3) is 0 Å². The molecule has 152 valence electrons. The number of nitrogens with zero attached hydrogens (tertiary/aromatic N) is 3. The molecule has 3 rings (SSSR count). The maximum Gasteiger partial charge on any atom is 0.226 e. The van der Waals surface area contributed by atoms with Crippen LogP contribution in [0, 0.1) is 0 Å². The Morgan fingerprint density at radius 2 is 2.04 bits per heavy atom. The van der Waals surface area contributed by atoms with Gasteiger partial charge in [-0.2, -0.15) is 0 Å². The van der Waals surface area contributed by atoms with Crippen LogP contribution < -0.4 is 5.32 Å². The fraction of sp³-hybridized carbons (Fsp3) is 0.550. The number of likely N-dealkylation sites (N-methyl/N-ethyl adjacent to an activating group) is 1. The fourth-order valence-corrected chi connectivity index (χ4v) is 3.40. The van der Waals surface area contributed by atoms with Gasteiger partial charge in [0.15, 0.2) is 0 Å². The van der Waals surface area contributed by atoms with Gasteiger partial charge in [-0.3, -0.25) is 14.6 Å². The summed E-state index contributed by atoms with van der Waals surface area (Å²) < 4.78 is 5.86. The largest absolute Gasteiger partial charge is 0.394 e. The maximum absolute atomic E-state index is 12.5. The molecule has 8 heteroatoms. The van der Waals surface area contributed by atoms with E-state index in [1.807, 2.05) is 24.1 Å². The Labute approximate surface area is 165 Å². The van der Waals surface area contributed by atoms with Crippen LogP contribution in [0.1, 0.15) is 12.1 Å². The molecule has 1 aromatic rings. The zero-order valence-electron chi connectivity index (χ0n) is 16.2. The average molecular weight is 388 g/mol. The monoisotopic (exact) mass is 388 g/mol. The summed E-state index contributed by atoms with van der Waals surface area (Å²) >= 11 is 0. The first-order valence-electron chi connectivity index (χ1n) is 9.65. The lowest BCUT2D eigenvalue weighted by atomic mass is 10.0. The minimum Gasteiger partial charge on any atom is -0.394 e. The van der Waals surface area contributed by atoms with Crippen molar-refractivity contribution in [2.75, 3.05) is 39.8 Å². The van der Waals surface area contributed by atoms with E-state index in [0.29, 0.717) is 5.69 Å². The standard InChI is InChI=1S/C20H28N4O4/c1-23-8-10-24(11-9-23)20(27)13-16-5-6-17(18(14-25)28-16)22-19(26)12-15-4-2-3-7-21-15/h2-7,16-18,25H,8-14H2,1H3,(H,22,26)/t16-,17+,18+/m0/s1. The second-order valence-electron chi connectivity index (χ2n) is 7.26. The summed E-state index contributed by atoms with van der Waals surface area (Å²) in [5.74, 6) is -0.139. The number of aliphatic hydroxyl groups is 1. The molecule has 0 spiro atoms. The second kappa shape index (κ2) is 9.77. The first kappa shape index (κ1) is 20.4. The third-order valence-corrected chi connectivity index (χ3v) is 5.09. The summed E-state index contributed by atoms with van der Waals surface area (Å²) in [5, 5.41) is 12.5. The van der Waals surface area contributed by atoms with Crippen molar-refractivity contribution in [3.63, 3.8) is 0 Å². The number of hydrogen-bond donors (Lipinski definition) is 2. The molecule has 1 fully saturated rings. The SMILES string of the molecule is CN1CCN(C(=O)C[C@@H]2C=C[C@@H](NC(=O)Cc3ccccn3)[C@@H](CO)O2)CC1. The van der Waals surface area contributed by atoms with Crippen molar-refractivity contribution in [2.24, 2.45) is 0 Å². The van der Waals surface area contributed by atoms with E-state index >= 15 is 0 Å². The molecule has 2 amide bonds. The maximum atomic E-state index is 12.5. The fourth-order valence-electron chi connectivity index (χ4n) is 3.40. The first-order chi connectivity index (χ1) is 13.5. The topological polar surface area (TPSA) is 95.0 Å². The van der Waals surface area contributed by atoms with Crippen molar-refractivity contribution in [3.05, 3.63) is 42.2 Å². The van der Waals surface area contributed by atoms with Gasteiger partial charge in [0.1, 0.15) is 6.10 Å². The van der Waals surface area contributed by atoms with Crippen LogP contribution in [0.15, 0.2) is 36.5 Å². The van der Waals surface area contributed by atoms with E-state index in [4.69, 9.17) is 4.74 Å². The normalized spacial score (nSPS) is 25.5. The number of piperazine rings is 1. The molecule has 0 aromatic carbocycles. The van der Waals surface area contributed by atoms with E-state index in [1.54, 1.807) is 24.4 Å². The average Bonchev–Trinajstić information content (AvgIpc) is 2.70. The molecule has 2 N–H and O–H groups in total. The van der Waals surface area contributed by atoms with Crippen molar-refractivity contribution in [1.29, 1.82) is 0 Å². The Morgan fingerprint density at radius 3 is 2.71 bits per heavy atom. The molecular formula is C20H28N4O4. The lowest BCUT2D eigenvalue weighted by molar-refractivity contribution is -0.137. The Hall–Kier alpha value is -2.29. The number of nitrogens with one attached hydrogen (secondary N) is 1. The minimum atomic E-state index is -0.581. The van der Waals surface area contributed by atoms with Crippen molar-refractivity contribution in [1.82, 2.24) is 20.1 Å². The molecule has 28 heavy (non-hydrogen) atoms. The van der Waals surface area contributed by atoms with Gasteiger partial charge in [-0.05, 0) is 19.2 Å². The number of carbonyl (C=O) groups excluding carboxylic acids is 2. The number of aliphatic hydroxyl groups excluding tert-OH is 1. The molecule has 0 unspecified atom stereocenters. The molecule has 0 saturated carbocycles. The van der Waals surface area contributed by atoms with Gasteiger partial charge >= 0.3 is 0 Å². The molecule has 2 aliphatic rings. The van der Waals surface area contributed by atoms with Crippen molar-refractivity contribution in [3.8, 4) is 0 Å². The van der Waals surface area contributed by atoms with Crippen LogP contribution in [-0.4, -0.2) is 89.8 Å². The van der Waals surface area contributed by atoms with Crippen LogP contribution in [0.2, 0.25) is 0 Å². The zero-order chi connectivity index (χ0) is 19.9. The van der Waals surface area contributed by atoms with E-state index in [0.717, 1.165) is 26.2 Å². The summed E-state index contributed by atoms with van der Waals surface area (Å²) in [5.41, 5.74) is 0.678. The molecule has 1 aromatic heterocycles. The minimum absolute atomic E-state index is 0.0528. The molecule has 1 saturated heterocycles. The predicted octanol–water partition coefficient (Wildman–Crippen LogP) is -0.411. The third kappa shape index (κ3) is 5.60. The molecule has 2 aliphatic heterocycles. The lowest BCUT2D eigenvalue weighted by Crippen LogP contribution is -2.50. The van der Waals surface area contributed by atoms with Gasteiger partial charge in [0.05, 0.1) is 31.6 Å². The van der Waals surface area contributed by atoms with Gasteiger partial charge in [-0.15, -0.1) is 0 Å².